The molecule has 0 saturated carbocycles. The van der Waals surface area contributed by atoms with Gasteiger partial charge in [0, 0.05) is 30.7 Å². The molecule has 2 aromatic rings. The van der Waals surface area contributed by atoms with Crippen LogP contribution in [-0.4, -0.2) is 48.9 Å². The Bertz CT molecular complexity index is 997. The fraction of sp³-hybridized carbons (Fsp3) is 0.286. The highest BCUT2D eigenvalue weighted by Gasteiger charge is 2.21. The third-order valence-electron chi connectivity index (χ3n) is 4.90. The Morgan fingerprint density at radius 2 is 2.07 bits per heavy atom. The van der Waals surface area contributed by atoms with Crippen molar-refractivity contribution in [3.63, 3.8) is 0 Å². The molecule has 30 heavy (non-hydrogen) atoms. The maximum absolute atomic E-state index is 14.4. The predicted molar refractivity (Wildman–Crippen MR) is 119 cm³/mol. The molecule has 0 spiro atoms. The Balaban J connectivity index is 1.69. The lowest BCUT2D eigenvalue weighted by Gasteiger charge is -2.29. The van der Waals surface area contributed by atoms with E-state index in [0.29, 0.717) is 35.9 Å². The number of carbonyl (C=O) groups is 2. The highest BCUT2D eigenvalue weighted by molar-refractivity contribution is 6.30. The molecule has 1 aliphatic heterocycles. The number of aliphatic imine (C=N–C) groups is 1. The van der Waals surface area contributed by atoms with Crippen LogP contribution in [0.25, 0.3) is 0 Å². The second kappa shape index (κ2) is 9.91. The van der Waals surface area contributed by atoms with Gasteiger partial charge in [-0.3, -0.25) is 14.6 Å². The molecule has 3 rings (SSSR count). The summed E-state index contributed by atoms with van der Waals surface area (Å²) < 4.78 is 14.4. The number of nitrogens with one attached hydrogen (secondary N) is 2. The van der Waals surface area contributed by atoms with Crippen LogP contribution in [0, 0.1) is 5.82 Å². The van der Waals surface area contributed by atoms with Crippen molar-refractivity contribution in [3.05, 3.63) is 57.9 Å². The third-order valence-corrected chi connectivity index (χ3v) is 5.39. The zero-order valence-corrected chi connectivity index (χ0v) is 17.9. The fourth-order valence-electron chi connectivity index (χ4n) is 3.25. The summed E-state index contributed by atoms with van der Waals surface area (Å²) in [6.45, 7) is 0.974. The molecular weight excluding hydrogens is 430 g/mol. The summed E-state index contributed by atoms with van der Waals surface area (Å²) in [5, 5.41) is 6.41. The molecule has 158 valence electrons. The molecule has 1 aliphatic rings. The lowest BCUT2D eigenvalue weighted by atomic mass is 10.00. The van der Waals surface area contributed by atoms with Gasteiger partial charge in [-0.15, -0.1) is 11.6 Å². The van der Waals surface area contributed by atoms with Crippen LogP contribution in [0.1, 0.15) is 21.5 Å². The van der Waals surface area contributed by atoms with Gasteiger partial charge in [0.1, 0.15) is 11.7 Å². The first-order chi connectivity index (χ1) is 14.4. The smallest absolute Gasteiger partial charge is 0.242 e. The molecule has 0 unspecified atom stereocenters. The van der Waals surface area contributed by atoms with Gasteiger partial charge in [0.25, 0.3) is 0 Å². The van der Waals surface area contributed by atoms with E-state index in [1.807, 2.05) is 12.1 Å². The predicted octanol–water partition coefficient (Wildman–Crippen LogP) is 3.97. The zero-order chi connectivity index (χ0) is 21.7. The van der Waals surface area contributed by atoms with E-state index >= 15 is 0 Å². The number of nitrogens with zero attached hydrogens (tertiary/aromatic N) is 2. The van der Waals surface area contributed by atoms with E-state index < -0.39 is 5.82 Å². The van der Waals surface area contributed by atoms with Crippen molar-refractivity contribution in [1.29, 1.82) is 0 Å². The number of hydrogen-bond acceptors (Lipinski definition) is 4. The van der Waals surface area contributed by atoms with Crippen molar-refractivity contribution in [2.75, 3.05) is 36.7 Å². The number of fused-ring (bicyclic) bond motifs is 1. The summed E-state index contributed by atoms with van der Waals surface area (Å²) in [7, 11) is 1.55. The van der Waals surface area contributed by atoms with Crippen molar-refractivity contribution in [1.82, 2.24) is 4.90 Å². The normalized spacial score (nSPS) is 13.6. The van der Waals surface area contributed by atoms with Crippen molar-refractivity contribution >= 4 is 52.6 Å². The molecular formula is C21H21Cl2FN4O2. The summed E-state index contributed by atoms with van der Waals surface area (Å²) in [5.41, 5.74) is 2.77. The molecule has 1 amide bonds. The number of hydrogen-bond donors (Lipinski definition) is 2. The minimum Gasteiger partial charge on any atom is -0.374 e. The van der Waals surface area contributed by atoms with Crippen LogP contribution >= 0.6 is 23.2 Å². The summed E-state index contributed by atoms with van der Waals surface area (Å²) >= 11 is 11.8. The van der Waals surface area contributed by atoms with Gasteiger partial charge in [-0.25, -0.2) is 4.39 Å². The maximum Gasteiger partial charge on any atom is 0.242 e. The largest absolute Gasteiger partial charge is 0.374 e. The zero-order valence-electron chi connectivity index (χ0n) is 16.3. The number of rotatable bonds is 6. The Morgan fingerprint density at radius 3 is 2.77 bits per heavy atom. The topological polar surface area (TPSA) is 73.8 Å². The van der Waals surface area contributed by atoms with E-state index in [4.69, 9.17) is 23.2 Å². The van der Waals surface area contributed by atoms with Gasteiger partial charge in [-0.05, 0) is 41.8 Å². The van der Waals surface area contributed by atoms with Crippen molar-refractivity contribution < 1.29 is 14.0 Å². The molecule has 0 fully saturated rings. The molecule has 2 aromatic carbocycles. The molecule has 9 heteroatoms. The van der Waals surface area contributed by atoms with Gasteiger partial charge < -0.3 is 15.5 Å². The first-order valence-corrected chi connectivity index (χ1v) is 10.2. The minimum atomic E-state index is -0.630. The number of anilines is 2. The summed E-state index contributed by atoms with van der Waals surface area (Å²) in [5.74, 6) is -0.245. The van der Waals surface area contributed by atoms with E-state index in [0.717, 1.165) is 23.6 Å². The van der Waals surface area contributed by atoms with Gasteiger partial charge in [-0.1, -0.05) is 17.7 Å². The SMILES string of the molecule is CN=C(CCl)Nc1cc(NCC(=O)N2CCc3cc(Cl)ccc3C2)c(F)cc1C=O. The summed E-state index contributed by atoms with van der Waals surface area (Å²) in [6, 6.07) is 8.18. The number of amidine groups is 1. The van der Waals surface area contributed by atoms with E-state index in [2.05, 4.69) is 15.6 Å². The molecule has 0 aliphatic carbocycles. The molecule has 2 N–H and O–H groups in total. The van der Waals surface area contributed by atoms with E-state index in [-0.39, 0.29) is 29.6 Å². The molecule has 0 bridgehead atoms. The lowest BCUT2D eigenvalue weighted by Crippen LogP contribution is -2.39. The van der Waals surface area contributed by atoms with Crippen molar-refractivity contribution in [2.45, 2.75) is 13.0 Å². The van der Waals surface area contributed by atoms with Crippen LogP contribution < -0.4 is 10.6 Å². The number of alkyl halides is 1. The standard InChI is InChI=1S/C21H21Cl2FN4O2/c1-25-20(9-22)27-18-8-19(17(24)7-15(18)12-29)26-10-21(30)28-5-4-13-6-16(23)3-2-14(13)11-28/h2-3,6-8,12,26H,4-5,9-11H2,1H3,(H,25,27). The lowest BCUT2D eigenvalue weighted by molar-refractivity contribution is -0.130. The van der Waals surface area contributed by atoms with Crippen LogP contribution in [-0.2, 0) is 17.8 Å². The maximum atomic E-state index is 14.4. The first-order valence-electron chi connectivity index (χ1n) is 9.31. The average Bonchev–Trinajstić information content (AvgIpc) is 2.76. The molecule has 0 radical (unpaired) electrons. The van der Waals surface area contributed by atoms with Gasteiger partial charge >= 0.3 is 0 Å². The monoisotopic (exact) mass is 450 g/mol. The van der Waals surface area contributed by atoms with Gasteiger partial charge in [0.05, 0.1) is 23.8 Å². The van der Waals surface area contributed by atoms with E-state index in [1.54, 1.807) is 18.0 Å². The Labute approximate surface area is 184 Å². The second-order valence-electron chi connectivity index (χ2n) is 6.80. The number of aldehydes is 1. The number of amides is 1. The molecule has 0 aromatic heterocycles. The number of benzene rings is 2. The highest BCUT2D eigenvalue weighted by atomic mass is 35.5. The van der Waals surface area contributed by atoms with E-state index in [9.17, 15) is 14.0 Å². The van der Waals surface area contributed by atoms with Crippen LogP contribution in [0.2, 0.25) is 5.02 Å². The third kappa shape index (κ3) is 5.09. The Morgan fingerprint density at radius 1 is 1.27 bits per heavy atom. The molecule has 1 heterocycles. The molecule has 0 saturated heterocycles. The van der Waals surface area contributed by atoms with Gasteiger partial charge in [0.15, 0.2) is 6.29 Å². The fourth-order valence-corrected chi connectivity index (χ4v) is 3.63. The summed E-state index contributed by atoms with van der Waals surface area (Å²) in [4.78, 5) is 29.6. The van der Waals surface area contributed by atoms with Gasteiger partial charge in [-0.2, -0.15) is 0 Å². The van der Waals surface area contributed by atoms with Crippen LogP contribution in [0.3, 0.4) is 0 Å². The molecule has 6 nitrogen and oxygen atoms in total. The van der Waals surface area contributed by atoms with Crippen molar-refractivity contribution in [2.24, 2.45) is 4.99 Å². The first kappa shape index (κ1) is 22.1. The van der Waals surface area contributed by atoms with Gasteiger partial charge in [0.2, 0.25) is 5.91 Å². The van der Waals surface area contributed by atoms with Crippen LogP contribution in [0.5, 0.6) is 0 Å². The van der Waals surface area contributed by atoms with E-state index in [1.165, 1.54) is 6.07 Å². The second-order valence-corrected chi connectivity index (χ2v) is 7.50. The quantitative estimate of drug-likeness (QED) is 0.302. The highest BCUT2D eigenvalue weighted by Crippen LogP contribution is 2.25. The minimum absolute atomic E-state index is 0.0794. The number of halogens is 3. The molecule has 0 atom stereocenters. The van der Waals surface area contributed by atoms with Crippen LogP contribution in [0.4, 0.5) is 15.8 Å². The average molecular weight is 451 g/mol. The number of carbonyl (C=O) groups excluding carboxylic acids is 2. The van der Waals surface area contributed by atoms with Crippen molar-refractivity contribution in [3.8, 4) is 0 Å². The summed E-state index contributed by atoms with van der Waals surface area (Å²) in [6.07, 6.45) is 1.26. The Hall–Kier alpha value is -2.64. The Kier molecular flexibility index (Phi) is 7.29. The van der Waals surface area contributed by atoms with Crippen LogP contribution in [0.15, 0.2) is 35.3 Å².